The highest BCUT2D eigenvalue weighted by atomic mass is 16.6. The van der Waals surface area contributed by atoms with E-state index < -0.39 is 4.92 Å². The van der Waals surface area contributed by atoms with E-state index in [2.05, 4.69) is 12.1 Å². The molecule has 26 heavy (non-hydrogen) atoms. The molecule has 1 aliphatic rings. The van der Waals surface area contributed by atoms with Crippen LogP contribution in [0, 0.1) is 10.1 Å². The van der Waals surface area contributed by atoms with Gasteiger partial charge in [0.2, 0.25) is 0 Å². The van der Waals surface area contributed by atoms with E-state index >= 15 is 0 Å². The zero-order valence-electron chi connectivity index (χ0n) is 14.0. The van der Waals surface area contributed by atoms with Crippen LogP contribution in [0.4, 0.5) is 11.4 Å². The summed E-state index contributed by atoms with van der Waals surface area (Å²) < 4.78 is 0. The summed E-state index contributed by atoms with van der Waals surface area (Å²) in [5, 5.41) is 10.8. The molecule has 4 rings (SSSR count). The molecule has 5 heteroatoms. The molecule has 1 amide bonds. The molecular weight excluding hydrogens is 328 g/mol. The number of nitro benzene ring substituents is 1. The highest BCUT2D eigenvalue weighted by molar-refractivity contribution is 6.08. The number of nitro groups is 1. The second-order valence-electron chi connectivity index (χ2n) is 6.19. The van der Waals surface area contributed by atoms with Crippen LogP contribution in [-0.4, -0.2) is 17.4 Å². The summed E-state index contributed by atoms with van der Waals surface area (Å²) in [6, 6.07) is 21.8. The fourth-order valence-corrected chi connectivity index (χ4v) is 3.38. The first-order valence-electron chi connectivity index (χ1n) is 8.39. The predicted octanol–water partition coefficient (Wildman–Crippen LogP) is 4.46. The Morgan fingerprint density at radius 1 is 0.885 bits per heavy atom. The van der Waals surface area contributed by atoms with E-state index in [9.17, 15) is 14.9 Å². The predicted molar refractivity (Wildman–Crippen MR) is 100 cm³/mol. The summed E-state index contributed by atoms with van der Waals surface area (Å²) in [4.78, 5) is 25.2. The van der Waals surface area contributed by atoms with Crippen molar-refractivity contribution in [1.29, 1.82) is 0 Å². The topological polar surface area (TPSA) is 63.4 Å². The van der Waals surface area contributed by atoms with Gasteiger partial charge < -0.3 is 4.90 Å². The highest BCUT2D eigenvalue weighted by Gasteiger charge is 2.24. The number of amides is 1. The van der Waals surface area contributed by atoms with Crippen molar-refractivity contribution in [3.05, 3.63) is 94.0 Å². The Hall–Kier alpha value is -3.47. The number of carbonyl (C=O) groups is 1. The Bertz CT molecular complexity index is 996. The number of hydrogen-bond acceptors (Lipinski definition) is 3. The van der Waals surface area contributed by atoms with Crippen LogP contribution in [0.2, 0.25) is 0 Å². The van der Waals surface area contributed by atoms with Crippen LogP contribution >= 0.6 is 0 Å². The number of non-ortho nitro benzene ring substituents is 1. The number of para-hydroxylation sites is 1. The molecule has 0 spiro atoms. The molecule has 0 saturated carbocycles. The van der Waals surface area contributed by atoms with Gasteiger partial charge in [-0.3, -0.25) is 14.9 Å². The van der Waals surface area contributed by atoms with Crippen molar-refractivity contribution in [2.75, 3.05) is 11.4 Å². The molecule has 0 aliphatic carbocycles. The Balaban J connectivity index is 1.76. The maximum atomic E-state index is 13.1. The maximum absolute atomic E-state index is 13.1. The van der Waals surface area contributed by atoms with Gasteiger partial charge in [-0.25, -0.2) is 0 Å². The average Bonchev–Trinajstić information content (AvgIpc) is 2.85. The smallest absolute Gasteiger partial charge is 0.269 e. The van der Waals surface area contributed by atoms with E-state index in [1.54, 1.807) is 4.90 Å². The molecule has 5 nitrogen and oxygen atoms in total. The van der Waals surface area contributed by atoms with Crippen LogP contribution in [-0.2, 0) is 6.42 Å². The minimum atomic E-state index is -0.466. The van der Waals surface area contributed by atoms with Crippen LogP contribution in [0.15, 0.2) is 72.8 Å². The Labute approximate surface area is 150 Å². The lowest BCUT2D eigenvalue weighted by Gasteiger charge is -2.23. The number of anilines is 1. The lowest BCUT2D eigenvalue weighted by Crippen LogP contribution is -2.32. The molecular formula is C21H16N2O3. The van der Waals surface area contributed by atoms with Crippen molar-refractivity contribution in [2.45, 2.75) is 6.42 Å². The van der Waals surface area contributed by atoms with Crippen molar-refractivity contribution < 1.29 is 9.72 Å². The normalized spacial score (nSPS) is 12.7. The van der Waals surface area contributed by atoms with E-state index in [1.807, 2.05) is 36.4 Å². The van der Waals surface area contributed by atoms with E-state index in [0.717, 1.165) is 23.2 Å². The molecule has 3 aromatic rings. The van der Waals surface area contributed by atoms with E-state index in [-0.39, 0.29) is 11.6 Å². The minimum Gasteiger partial charge on any atom is -0.307 e. The van der Waals surface area contributed by atoms with E-state index in [0.29, 0.717) is 12.1 Å². The summed E-state index contributed by atoms with van der Waals surface area (Å²) in [5.41, 5.74) is 4.65. The van der Waals surface area contributed by atoms with Gasteiger partial charge in [-0.2, -0.15) is 0 Å². The Morgan fingerprint density at radius 2 is 1.54 bits per heavy atom. The molecule has 0 radical (unpaired) electrons. The molecule has 0 atom stereocenters. The molecule has 0 aromatic heterocycles. The summed E-state index contributed by atoms with van der Waals surface area (Å²) in [6.07, 6.45) is 0.754. The number of nitrogens with zero attached hydrogens (tertiary/aromatic N) is 2. The Morgan fingerprint density at radius 3 is 2.27 bits per heavy atom. The summed E-state index contributed by atoms with van der Waals surface area (Å²) in [5.74, 6) is -0.153. The summed E-state index contributed by atoms with van der Waals surface area (Å²) >= 11 is 0. The molecule has 3 aromatic carbocycles. The van der Waals surface area contributed by atoms with Crippen LogP contribution in [0.1, 0.15) is 15.9 Å². The first-order chi connectivity index (χ1) is 12.6. The molecule has 128 valence electrons. The third kappa shape index (κ3) is 2.73. The molecule has 0 unspecified atom stereocenters. The molecule has 0 fully saturated rings. The zero-order valence-corrected chi connectivity index (χ0v) is 14.0. The Kier molecular flexibility index (Phi) is 3.97. The lowest BCUT2D eigenvalue weighted by atomic mass is 9.98. The van der Waals surface area contributed by atoms with Crippen molar-refractivity contribution in [3.63, 3.8) is 0 Å². The van der Waals surface area contributed by atoms with Gasteiger partial charge in [-0.05, 0) is 35.7 Å². The van der Waals surface area contributed by atoms with Gasteiger partial charge in [0.15, 0.2) is 0 Å². The SMILES string of the molecule is O=C(c1ccc([N+](=O)[O-])cc1)N1CCc2ccccc2-c2ccccc21. The van der Waals surface area contributed by atoms with Gasteiger partial charge in [-0.15, -0.1) is 0 Å². The maximum Gasteiger partial charge on any atom is 0.269 e. The minimum absolute atomic E-state index is 0.0229. The molecule has 0 saturated heterocycles. The number of hydrogen-bond donors (Lipinski definition) is 0. The zero-order chi connectivity index (χ0) is 18.1. The second-order valence-corrected chi connectivity index (χ2v) is 6.19. The standard InChI is InChI=1S/C21H16N2O3/c24-21(16-9-11-17(12-10-16)23(25)26)22-14-13-15-5-1-2-6-18(15)19-7-3-4-8-20(19)22/h1-12H,13-14H2. The van der Waals surface area contributed by atoms with E-state index in [1.165, 1.54) is 29.8 Å². The van der Waals surface area contributed by atoms with Gasteiger partial charge in [0.25, 0.3) is 11.6 Å². The number of fused-ring (bicyclic) bond motifs is 3. The van der Waals surface area contributed by atoms with Gasteiger partial charge >= 0.3 is 0 Å². The largest absolute Gasteiger partial charge is 0.307 e. The fraction of sp³-hybridized carbons (Fsp3) is 0.0952. The van der Waals surface area contributed by atoms with Crippen LogP contribution in [0.5, 0.6) is 0 Å². The fourth-order valence-electron chi connectivity index (χ4n) is 3.38. The van der Waals surface area contributed by atoms with Crippen molar-refractivity contribution in [1.82, 2.24) is 0 Å². The number of benzene rings is 3. The molecule has 0 bridgehead atoms. The third-order valence-corrected chi connectivity index (χ3v) is 4.68. The van der Waals surface area contributed by atoms with Crippen LogP contribution in [0.3, 0.4) is 0 Å². The highest BCUT2D eigenvalue weighted by Crippen LogP contribution is 2.36. The van der Waals surface area contributed by atoms with Crippen molar-refractivity contribution in [2.24, 2.45) is 0 Å². The second kappa shape index (κ2) is 6.44. The molecule has 1 aliphatic heterocycles. The third-order valence-electron chi connectivity index (χ3n) is 4.68. The monoisotopic (exact) mass is 344 g/mol. The molecule has 0 N–H and O–H groups in total. The first-order valence-corrected chi connectivity index (χ1v) is 8.39. The quantitative estimate of drug-likeness (QED) is 0.509. The lowest BCUT2D eigenvalue weighted by molar-refractivity contribution is -0.384. The van der Waals surface area contributed by atoms with Gasteiger partial charge in [0.1, 0.15) is 0 Å². The average molecular weight is 344 g/mol. The number of rotatable bonds is 2. The summed E-state index contributed by atoms with van der Waals surface area (Å²) in [7, 11) is 0. The molecule has 1 heterocycles. The van der Waals surface area contributed by atoms with Gasteiger partial charge in [0, 0.05) is 29.8 Å². The number of carbonyl (C=O) groups excluding carboxylic acids is 1. The van der Waals surface area contributed by atoms with Crippen LogP contribution < -0.4 is 4.90 Å². The van der Waals surface area contributed by atoms with Gasteiger partial charge in [0.05, 0.1) is 10.6 Å². The van der Waals surface area contributed by atoms with Gasteiger partial charge in [-0.1, -0.05) is 42.5 Å². The first kappa shape index (κ1) is 16.0. The summed E-state index contributed by atoms with van der Waals surface area (Å²) in [6.45, 7) is 0.559. The van der Waals surface area contributed by atoms with Crippen molar-refractivity contribution in [3.8, 4) is 11.1 Å². The van der Waals surface area contributed by atoms with Crippen LogP contribution in [0.25, 0.3) is 11.1 Å². The van der Waals surface area contributed by atoms with E-state index in [4.69, 9.17) is 0 Å². The van der Waals surface area contributed by atoms with Crippen molar-refractivity contribution >= 4 is 17.3 Å².